The van der Waals surface area contributed by atoms with Crippen LogP contribution >= 0.6 is 0 Å². The van der Waals surface area contributed by atoms with E-state index >= 15 is 0 Å². The second-order valence-electron chi connectivity index (χ2n) is 7.41. The number of carbonyl (C=O) groups excluding carboxylic acids is 3. The van der Waals surface area contributed by atoms with Crippen molar-refractivity contribution in [3.8, 4) is 0 Å². The molecule has 0 aromatic heterocycles. The van der Waals surface area contributed by atoms with Gasteiger partial charge in [-0.05, 0) is 38.5 Å². The van der Waals surface area contributed by atoms with Gasteiger partial charge < -0.3 is 15.4 Å². The van der Waals surface area contributed by atoms with Gasteiger partial charge in [-0.15, -0.1) is 0 Å². The number of hydrogen-bond donors (Lipinski definition) is 1. The van der Waals surface area contributed by atoms with Crippen molar-refractivity contribution in [3.63, 3.8) is 0 Å². The van der Waals surface area contributed by atoms with Crippen LogP contribution < -0.4 is 5.73 Å². The van der Waals surface area contributed by atoms with Crippen molar-refractivity contribution in [2.24, 2.45) is 29.4 Å². The molecular weight excluding hydrogens is 320 g/mol. The Bertz CT molecular complexity index is 464. The summed E-state index contributed by atoms with van der Waals surface area (Å²) in [5.41, 5.74) is 5.60. The number of hydrogen-bond acceptors (Lipinski definition) is 4. The minimum absolute atomic E-state index is 0.0417. The van der Waals surface area contributed by atoms with Crippen LogP contribution in [0.2, 0.25) is 0 Å². The maximum Gasteiger partial charge on any atom is 0.310 e. The summed E-state index contributed by atoms with van der Waals surface area (Å²) in [6.07, 6.45) is 3.58. The van der Waals surface area contributed by atoms with E-state index in [0.717, 1.165) is 19.3 Å². The molecule has 0 spiro atoms. The van der Waals surface area contributed by atoms with Crippen molar-refractivity contribution >= 4 is 17.8 Å². The Kier molecular flexibility index (Phi) is 8.93. The summed E-state index contributed by atoms with van der Waals surface area (Å²) < 4.78 is 5.11. The van der Waals surface area contributed by atoms with Crippen molar-refractivity contribution in [2.75, 3.05) is 19.7 Å². The molecule has 1 rings (SSSR count). The van der Waals surface area contributed by atoms with E-state index in [2.05, 4.69) is 0 Å². The number of likely N-dealkylation sites (tertiary alicyclic amines) is 1. The summed E-state index contributed by atoms with van der Waals surface area (Å²) in [6, 6.07) is 0. The summed E-state index contributed by atoms with van der Waals surface area (Å²) in [5, 5.41) is 0. The van der Waals surface area contributed by atoms with E-state index < -0.39 is 17.7 Å². The van der Waals surface area contributed by atoms with E-state index in [-0.39, 0.29) is 17.8 Å². The van der Waals surface area contributed by atoms with Gasteiger partial charge in [-0.25, -0.2) is 0 Å². The second-order valence-corrected chi connectivity index (χ2v) is 7.41. The predicted molar refractivity (Wildman–Crippen MR) is 96.5 cm³/mol. The number of carbonyl (C=O) groups is 3. The Balaban J connectivity index is 2.91. The SMILES string of the molecule is CCC[C@H](C(N)=O)C(CC(C)C)C(=O)N1CCCC(C(=O)OCC)C1. The van der Waals surface area contributed by atoms with Gasteiger partial charge in [0.25, 0.3) is 0 Å². The largest absolute Gasteiger partial charge is 0.466 e. The van der Waals surface area contributed by atoms with E-state index in [0.29, 0.717) is 38.5 Å². The Morgan fingerprint density at radius 2 is 1.88 bits per heavy atom. The quantitative estimate of drug-likeness (QED) is 0.644. The lowest BCUT2D eigenvalue weighted by atomic mass is 9.80. The second kappa shape index (κ2) is 10.4. The highest BCUT2D eigenvalue weighted by atomic mass is 16.5. The first-order valence-electron chi connectivity index (χ1n) is 9.56. The molecule has 0 bridgehead atoms. The zero-order chi connectivity index (χ0) is 19.0. The van der Waals surface area contributed by atoms with Gasteiger partial charge in [-0.1, -0.05) is 27.2 Å². The minimum atomic E-state index is -0.442. The fourth-order valence-corrected chi connectivity index (χ4v) is 3.66. The van der Waals surface area contributed by atoms with E-state index in [4.69, 9.17) is 10.5 Å². The van der Waals surface area contributed by atoms with Crippen LogP contribution in [-0.4, -0.2) is 42.4 Å². The van der Waals surface area contributed by atoms with Crippen LogP contribution in [0.3, 0.4) is 0 Å². The molecule has 1 fully saturated rings. The van der Waals surface area contributed by atoms with E-state index in [1.165, 1.54) is 0 Å². The fourth-order valence-electron chi connectivity index (χ4n) is 3.66. The van der Waals surface area contributed by atoms with Crippen LogP contribution in [0.5, 0.6) is 0 Å². The number of ether oxygens (including phenoxy) is 1. The first-order valence-corrected chi connectivity index (χ1v) is 9.56. The van der Waals surface area contributed by atoms with Crippen LogP contribution in [0.25, 0.3) is 0 Å². The van der Waals surface area contributed by atoms with Crippen molar-refractivity contribution in [1.82, 2.24) is 4.90 Å². The molecule has 2 unspecified atom stereocenters. The Morgan fingerprint density at radius 1 is 1.20 bits per heavy atom. The molecule has 0 saturated carbocycles. The summed E-state index contributed by atoms with van der Waals surface area (Å²) in [4.78, 5) is 38.8. The van der Waals surface area contributed by atoms with Crippen LogP contribution in [-0.2, 0) is 19.1 Å². The normalized spacial score (nSPS) is 20.2. The number of piperidine rings is 1. The number of esters is 1. The molecule has 2 amide bonds. The maximum atomic E-state index is 13.1. The molecule has 2 N–H and O–H groups in total. The molecule has 6 nitrogen and oxygen atoms in total. The molecule has 1 aliphatic heterocycles. The zero-order valence-corrected chi connectivity index (χ0v) is 16.1. The molecular formula is C19H34N2O4. The third-order valence-electron chi connectivity index (χ3n) is 4.85. The molecule has 0 radical (unpaired) electrons. The lowest BCUT2D eigenvalue weighted by Crippen LogP contribution is -2.48. The molecule has 144 valence electrons. The topological polar surface area (TPSA) is 89.7 Å². The molecule has 0 aromatic rings. The lowest BCUT2D eigenvalue weighted by molar-refractivity contribution is -0.153. The van der Waals surface area contributed by atoms with Gasteiger partial charge in [-0.3, -0.25) is 14.4 Å². The van der Waals surface area contributed by atoms with Crippen molar-refractivity contribution in [2.45, 2.75) is 59.8 Å². The third-order valence-corrected chi connectivity index (χ3v) is 4.85. The summed E-state index contributed by atoms with van der Waals surface area (Å²) >= 11 is 0. The van der Waals surface area contributed by atoms with Crippen LogP contribution in [0.15, 0.2) is 0 Å². The van der Waals surface area contributed by atoms with E-state index in [1.54, 1.807) is 11.8 Å². The number of rotatable bonds is 9. The Morgan fingerprint density at radius 3 is 2.40 bits per heavy atom. The molecule has 0 aromatic carbocycles. The van der Waals surface area contributed by atoms with E-state index in [1.807, 2.05) is 20.8 Å². The average molecular weight is 354 g/mol. The lowest BCUT2D eigenvalue weighted by Gasteiger charge is -2.36. The van der Waals surface area contributed by atoms with Gasteiger partial charge in [0.1, 0.15) is 0 Å². The number of primary amides is 1. The van der Waals surface area contributed by atoms with Gasteiger partial charge in [0, 0.05) is 24.9 Å². The molecule has 1 saturated heterocycles. The predicted octanol–water partition coefficient (Wildman–Crippen LogP) is 2.35. The van der Waals surface area contributed by atoms with Crippen LogP contribution in [0.4, 0.5) is 0 Å². The van der Waals surface area contributed by atoms with E-state index in [9.17, 15) is 14.4 Å². The average Bonchev–Trinajstić information content (AvgIpc) is 2.57. The zero-order valence-electron chi connectivity index (χ0n) is 16.1. The smallest absolute Gasteiger partial charge is 0.310 e. The highest BCUT2D eigenvalue weighted by Gasteiger charge is 2.37. The van der Waals surface area contributed by atoms with Gasteiger partial charge in [0.05, 0.1) is 12.5 Å². The maximum absolute atomic E-state index is 13.1. The first-order chi connectivity index (χ1) is 11.8. The fraction of sp³-hybridized carbons (Fsp3) is 0.842. The van der Waals surface area contributed by atoms with Gasteiger partial charge in [-0.2, -0.15) is 0 Å². The molecule has 1 aliphatic rings. The van der Waals surface area contributed by atoms with Crippen molar-refractivity contribution in [1.29, 1.82) is 0 Å². The highest BCUT2D eigenvalue weighted by molar-refractivity contribution is 5.87. The van der Waals surface area contributed by atoms with Gasteiger partial charge in [0.15, 0.2) is 0 Å². The highest BCUT2D eigenvalue weighted by Crippen LogP contribution is 2.29. The Hall–Kier alpha value is -1.59. The molecule has 6 heteroatoms. The number of nitrogens with zero attached hydrogens (tertiary/aromatic N) is 1. The number of nitrogens with two attached hydrogens (primary N) is 1. The van der Waals surface area contributed by atoms with Gasteiger partial charge >= 0.3 is 5.97 Å². The molecule has 0 aliphatic carbocycles. The molecule has 25 heavy (non-hydrogen) atoms. The summed E-state index contributed by atoms with van der Waals surface area (Å²) in [6.45, 7) is 9.21. The monoisotopic (exact) mass is 354 g/mol. The third kappa shape index (κ3) is 6.33. The first kappa shape index (κ1) is 21.5. The van der Waals surface area contributed by atoms with Gasteiger partial charge in [0.2, 0.25) is 11.8 Å². The summed E-state index contributed by atoms with van der Waals surface area (Å²) in [5.74, 6) is -1.50. The summed E-state index contributed by atoms with van der Waals surface area (Å²) in [7, 11) is 0. The standard InChI is InChI=1S/C19H34N2O4/c1-5-8-15(17(20)22)16(11-13(3)4)18(23)21-10-7-9-14(12-21)19(24)25-6-2/h13-16H,5-12H2,1-4H3,(H2,20,22)/t14?,15-,16?/m0/s1. The number of amides is 2. The van der Waals surface area contributed by atoms with Crippen molar-refractivity contribution in [3.05, 3.63) is 0 Å². The van der Waals surface area contributed by atoms with Crippen LogP contribution in [0.1, 0.15) is 59.8 Å². The minimum Gasteiger partial charge on any atom is -0.466 e. The van der Waals surface area contributed by atoms with Crippen molar-refractivity contribution < 1.29 is 19.1 Å². The van der Waals surface area contributed by atoms with Crippen LogP contribution in [0, 0.1) is 23.7 Å². The molecule has 1 heterocycles. The molecule has 3 atom stereocenters. The Labute approximate surface area is 151 Å².